The van der Waals surface area contributed by atoms with Gasteiger partial charge < -0.3 is 9.67 Å². The van der Waals surface area contributed by atoms with Crippen LogP contribution < -0.4 is 0 Å². The average Bonchev–Trinajstić information content (AvgIpc) is 2.84. The molecule has 21 heavy (non-hydrogen) atoms. The number of fused-ring (bicyclic) bond motifs is 1. The van der Waals surface area contributed by atoms with Gasteiger partial charge in [0.2, 0.25) is 0 Å². The number of aryl methyl sites for hydroxylation is 1. The first-order valence-corrected chi connectivity index (χ1v) is 7.71. The molecule has 0 saturated carbocycles. The van der Waals surface area contributed by atoms with Crippen LogP contribution in [-0.2, 0) is 17.9 Å². The number of rotatable bonds is 4. The van der Waals surface area contributed by atoms with Gasteiger partial charge in [0.05, 0.1) is 5.92 Å². The third-order valence-corrected chi connectivity index (χ3v) is 4.54. The van der Waals surface area contributed by atoms with E-state index in [9.17, 15) is 4.79 Å². The Morgan fingerprint density at radius 3 is 2.67 bits per heavy atom. The van der Waals surface area contributed by atoms with Crippen LogP contribution in [0.2, 0.25) is 0 Å². The minimum Gasteiger partial charge on any atom is -0.481 e. The van der Waals surface area contributed by atoms with Crippen molar-refractivity contribution in [2.75, 3.05) is 13.1 Å². The van der Waals surface area contributed by atoms with Crippen molar-refractivity contribution in [1.29, 1.82) is 0 Å². The number of likely N-dealkylation sites (tertiary alicyclic amines) is 1. The Morgan fingerprint density at radius 2 is 2.00 bits per heavy atom. The van der Waals surface area contributed by atoms with Crippen molar-refractivity contribution >= 4 is 16.9 Å². The second-order valence-electron chi connectivity index (χ2n) is 5.83. The highest BCUT2D eigenvalue weighted by molar-refractivity contribution is 5.81. The molecule has 1 aliphatic rings. The molecule has 3 rings (SSSR count). The molecule has 1 fully saturated rings. The summed E-state index contributed by atoms with van der Waals surface area (Å²) in [6.07, 6.45) is 1.53. The van der Waals surface area contributed by atoms with E-state index in [2.05, 4.69) is 46.7 Å². The highest BCUT2D eigenvalue weighted by Gasteiger charge is 2.24. The van der Waals surface area contributed by atoms with Gasteiger partial charge >= 0.3 is 5.97 Å². The Kier molecular flexibility index (Phi) is 3.97. The van der Waals surface area contributed by atoms with Gasteiger partial charge in [-0.3, -0.25) is 9.69 Å². The first kappa shape index (κ1) is 14.1. The number of para-hydroxylation sites is 1. The van der Waals surface area contributed by atoms with Gasteiger partial charge in [0.1, 0.15) is 0 Å². The number of nitrogens with zero attached hydrogens (tertiary/aromatic N) is 2. The lowest BCUT2D eigenvalue weighted by molar-refractivity contribution is -0.143. The maximum Gasteiger partial charge on any atom is 0.306 e. The number of aromatic nitrogens is 1. The molecule has 1 N–H and O–H groups in total. The van der Waals surface area contributed by atoms with Gasteiger partial charge in [-0.2, -0.15) is 0 Å². The summed E-state index contributed by atoms with van der Waals surface area (Å²) in [7, 11) is 0. The van der Waals surface area contributed by atoms with Crippen molar-refractivity contribution in [3.8, 4) is 0 Å². The molecule has 0 unspecified atom stereocenters. The number of piperidine rings is 1. The topological polar surface area (TPSA) is 45.5 Å². The standard InChI is InChI=1S/C17H22N2O2/c1-2-19-15(11-14-5-3-4-6-16(14)19)12-18-9-7-13(8-10-18)17(20)21/h3-6,11,13H,2,7-10,12H2,1H3,(H,20,21). The summed E-state index contributed by atoms with van der Waals surface area (Å²) in [6, 6.07) is 10.7. The predicted molar refractivity (Wildman–Crippen MR) is 83.2 cm³/mol. The van der Waals surface area contributed by atoms with Crippen LogP contribution >= 0.6 is 0 Å². The number of hydrogen-bond donors (Lipinski definition) is 1. The maximum absolute atomic E-state index is 11.0. The molecule has 4 nitrogen and oxygen atoms in total. The summed E-state index contributed by atoms with van der Waals surface area (Å²) in [5, 5.41) is 10.4. The predicted octanol–water partition coefficient (Wildman–Crippen LogP) is 2.96. The Labute approximate surface area is 125 Å². The smallest absolute Gasteiger partial charge is 0.306 e. The van der Waals surface area contributed by atoms with E-state index in [1.807, 2.05) is 0 Å². The molecule has 0 aliphatic carbocycles. The van der Waals surface area contributed by atoms with Gasteiger partial charge in [0, 0.05) is 24.3 Å². The minimum absolute atomic E-state index is 0.154. The summed E-state index contributed by atoms with van der Waals surface area (Å²) in [5.74, 6) is -0.796. The monoisotopic (exact) mass is 286 g/mol. The third-order valence-electron chi connectivity index (χ3n) is 4.54. The van der Waals surface area contributed by atoms with Crippen molar-refractivity contribution in [3.63, 3.8) is 0 Å². The Bertz CT molecular complexity index is 639. The van der Waals surface area contributed by atoms with Gasteiger partial charge in [-0.25, -0.2) is 0 Å². The fourth-order valence-electron chi connectivity index (χ4n) is 3.34. The summed E-state index contributed by atoms with van der Waals surface area (Å²) in [4.78, 5) is 13.4. The van der Waals surface area contributed by atoms with Crippen molar-refractivity contribution < 1.29 is 9.90 Å². The first-order valence-electron chi connectivity index (χ1n) is 7.71. The normalized spacial score (nSPS) is 17.4. The fraction of sp³-hybridized carbons (Fsp3) is 0.471. The molecule has 4 heteroatoms. The lowest BCUT2D eigenvalue weighted by Crippen LogP contribution is -2.36. The number of aliphatic carboxylic acids is 1. The van der Waals surface area contributed by atoms with Crippen LogP contribution in [0.1, 0.15) is 25.5 Å². The molecular formula is C17H22N2O2. The number of carbonyl (C=O) groups is 1. The van der Waals surface area contributed by atoms with Crippen LogP contribution in [0.4, 0.5) is 0 Å². The van der Waals surface area contributed by atoms with Crippen molar-refractivity contribution in [3.05, 3.63) is 36.0 Å². The number of hydrogen-bond acceptors (Lipinski definition) is 2. The van der Waals surface area contributed by atoms with Crippen molar-refractivity contribution in [1.82, 2.24) is 9.47 Å². The van der Waals surface area contributed by atoms with E-state index in [0.717, 1.165) is 39.0 Å². The van der Waals surface area contributed by atoms with Crippen LogP contribution in [0.5, 0.6) is 0 Å². The first-order chi connectivity index (χ1) is 10.2. The second kappa shape index (κ2) is 5.90. The molecule has 2 aromatic rings. The molecular weight excluding hydrogens is 264 g/mol. The van der Waals surface area contributed by atoms with E-state index in [1.165, 1.54) is 16.6 Å². The number of carboxylic acid groups (broad SMARTS) is 1. The van der Waals surface area contributed by atoms with Gasteiger partial charge in [-0.1, -0.05) is 18.2 Å². The van der Waals surface area contributed by atoms with Crippen molar-refractivity contribution in [2.24, 2.45) is 5.92 Å². The fourth-order valence-corrected chi connectivity index (χ4v) is 3.34. The van der Waals surface area contributed by atoms with E-state index < -0.39 is 5.97 Å². The molecule has 2 heterocycles. The molecule has 0 atom stereocenters. The summed E-state index contributed by atoms with van der Waals surface area (Å²) < 4.78 is 2.36. The second-order valence-corrected chi connectivity index (χ2v) is 5.83. The molecule has 0 bridgehead atoms. The van der Waals surface area contributed by atoms with Gasteiger partial charge in [0.25, 0.3) is 0 Å². The van der Waals surface area contributed by atoms with Crippen LogP contribution in [0.15, 0.2) is 30.3 Å². The average molecular weight is 286 g/mol. The zero-order valence-corrected chi connectivity index (χ0v) is 12.5. The van der Waals surface area contributed by atoms with Gasteiger partial charge in [-0.05, 0) is 50.4 Å². The molecule has 112 valence electrons. The van der Waals surface area contributed by atoms with Gasteiger partial charge in [0.15, 0.2) is 0 Å². The van der Waals surface area contributed by atoms with E-state index >= 15 is 0 Å². The number of carboxylic acids is 1. The van der Waals surface area contributed by atoms with E-state index in [1.54, 1.807) is 0 Å². The van der Waals surface area contributed by atoms with Crippen LogP contribution in [0.25, 0.3) is 10.9 Å². The lowest BCUT2D eigenvalue weighted by Gasteiger charge is -2.30. The molecule has 1 aromatic heterocycles. The van der Waals surface area contributed by atoms with Crippen molar-refractivity contribution in [2.45, 2.75) is 32.9 Å². The van der Waals surface area contributed by atoms with Crippen LogP contribution in [0.3, 0.4) is 0 Å². The largest absolute Gasteiger partial charge is 0.481 e. The molecule has 0 spiro atoms. The molecule has 0 radical (unpaired) electrons. The zero-order chi connectivity index (χ0) is 14.8. The highest BCUT2D eigenvalue weighted by Crippen LogP contribution is 2.23. The maximum atomic E-state index is 11.0. The molecule has 1 saturated heterocycles. The third kappa shape index (κ3) is 2.81. The molecule has 1 aromatic carbocycles. The van der Waals surface area contributed by atoms with E-state index in [0.29, 0.717) is 0 Å². The van der Waals surface area contributed by atoms with E-state index in [-0.39, 0.29) is 5.92 Å². The number of benzene rings is 1. The quantitative estimate of drug-likeness (QED) is 0.940. The van der Waals surface area contributed by atoms with Crippen LogP contribution in [0, 0.1) is 5.92 Å². The minimum atomic E-state index is -0.641. The van der Waals surface area contributed by atoms with E-state index in [4.69, 9.17) is 5.11 Å². The molecule has 1 aliphatic heterocycles. The van der Waals surface area contributed by atoms with Gasteiger partial charge in [-0.15, -0.1) is 0 Å². The lowest BCUT2D eigenvalue weighted by atomic mass is 9.97. The SMILES string of the molecule is CCn1c(CN2CCC(C(=O)O)CC2)cc2ccccc21. The highest BCUT2D eigenvalue weighted by atomic mass is 16.4. The summed E-state index contributed by atoms with van der Waals surface area (Å²) >= 11 is 0. The Hall–Kier alpha value is -1.81. The zero-order valence-electron chi connectivity index (χ0n) is 12.5. The summed E-state index contributed by atoms with van der Waals surface area (Å²) in [6.45, 7) is 5.81. The van der Waals surface area contributed by atoms with Crippen LogP contribution in [-0.4, -0.2) is 33.6 Å². The molecule has 0 amide bonds. The summed E-state index contributed by atoms with van der Waals surface area (Å²) in [5.41, 5.74) is 2.61. The Balaban J connectivity index is 1.75. The Morgan fingerprint density at radius 1 is 1.29 bits per heavy atom.